The quantitative estimate of drug-likeness (QED) is 0.689. The lowest BCUT2D eigenvalue weighted by atomic mass is 10.3. The Labute approximate surface area is 179 Å². The van der Waals surface area contributed by atoms with Crippen molar-refractivity contribution in [1.82, 2.24) is 14.7 Å². The molecule has 2 aromatic rings. The molecule has 1 aliphatic heterocycles. The van der Waals surface area contributed by atoms with Gasteiger partial charge in [0, 0.05) is 30.5 Å². The summed E-state index contributed by atoms with van der Waals surface area (Å²) in [6.45, 7) is 2.52. The number of hydrogen-bond acceptors (Lipinski definition) is 6. The van der Waals surface area contributed by atoms with E-state index < -0.39 is 0 Å². The van der Waals surface area contributed by atoms with Gasteiger partial charge in [-0.1, -0.05) is 11.8 Å². The molecule has 8 nitrogen and oxygen atoms in total. The second kappa shape index (κ2) is 8.74. The summed E-state index contributed by atoms with van der Waals surface area (Å²) < 4.78 is 7.08. The van der Waals surface area contributed by atoms with Crippen molar-refractivity contribution in [3.63, 3.8) is 0 Å². The van der Waals surface area contributed by atoms with Crippen molar-refractivity contribution >= 4 is 40.5 Å². The summed E-state index contributed by atoms with van der Waals surface area (Å²) in [5.74, 6) is 0.662. The molecule has 2 heterocycles. The molecule has 0 atom stereocenters. The van der Waals surface area contributed by atoms with Crippen LogP contribution in [-0.4, -0.2) is 50.1 Å². The van der Waals surface area contributed by atoms with Gasteiger partial charge < -0.3 is 10.1 Å². The largest absolute Gasteiger partial charge is 0.494 e. The Morgan fingerprint density at radius 2 is 2.10 bits per heavy atom. The normalized spacial score (nSPS) is 17.4. The van der Waals surface area contributed by atoms with Gasteiger partial charge in [-0.05, 0) is 50.1 Å². The molecule has 156 valence electrons. The highest BCUT2D eigenvalue weighted by molar-refractivity contribution is 8.14. The zero-order chi connectivity index (χ0) is 21.1. The van der Waals surface area contributed by atoms with Gasteiger partial charge in [0.15, 0.2) is 5.17 Å². The van der Waals surface area contributed by atoms with Crippen LogP contribution in [0.2, 0.25) is 0 Å². The zero-order valence-corrected chi connectivity index (χ0v) is 17.7. The fourth-order valence-corrected chi connectivity index (χ4v) is 3.93. The average Bonchev–Trinajstić information content (AvgIpc) is 3.40. The summed E-state index contributed by atoms with van der Waals surface area (Å²) in [7, 11) is 1.82. The first-order valence-electron chi connectivity index (χ1n) is 9.81. The maximum Gasteiger partial charge on any atom is 0.278 e. The molecule has 0 unspecified atom stereocenters. The van der Waals surface area contributed by atoms with E-state index in [1.54, 1.807) is 34.0 Å². The van der Waals surface area contributed by atoms with Crippen molar-refractivity contribution in [1.29, 1.82) is 0 Å². The van der Waals surface area contributed by atoms with Gasteiger partial charge in [0.05, 0.1) is 18.6 Å². The molecular weight excluding hydrogens is 402 g/mol. The van der Waals surface area contributed by atoms with Gasteiger partial charge in [0.25, 0.3) is 5.91 Å². The molecule has 1 fully saturated rings. The van der Waals surface area contributed by atoms with Crippen LogP contribution in [0.3, 0.4) is 0 Å². The Morgan fingerprint density at radius 3 is 2.73 bits per heavy atom. The fraction of sp³-hybridized carbons (Fsp3) is 0.333. The minimum absolute atomic E-state index is 0.115. The second-order valence-electron chi connectivity index (χ2n) is 7.07. The number of amides is 2. The van der Waals surface area contributed by atoms with Gasteiger partial charge in [0.1, 0.15) is 11.4 Å². The topological polar surface area (TPSA) is 88.8 Å². The van der Waals surface area contributed by atoms with Crippen LogP contribution >= 0.6 is 11.8 Å². The summed E-state index contributed by atoms with van der Waals surface area (Å²) >= 11 is 1.28. The lowest BCUT2D eigenvalue weighted by molar-refractivity contribution is -0.123. The first-order valence-corrected chi connectivity index (χ1v) is 10.8. The lowest BCUT2D eigenvalue weighted by Crippen LogP contribution is -2.33. The van der Waals surface area contributed by atoms with Crippen LogP contribution in [0.5, 0.6) is 5.75 Å². The molecule has 1 aromatic heterocycles. The summed E-state index contributed by atoms with van der Waals surface area (Å²) in [5.41, 5.74) is 1.90. The Balaban J connectivity index is 1.40. The second-order valence-corrected chi connectivity index (χ2v) is 8.01. The highest BCUT2D eigenvalue weighted by Crippen LogP contribution is 2.35. The number of benzene rings is 1. The molecule has 1 aromatic carbocycles. The number of aliphatic imine (C=N–C) groups is 1. The van der Waals surface area contributed by atoms with Crippen molar-refractivity contribution in [2.24, 2.45) is 12.0 Å². The Kier molecular flexibility index (Phi) is 5.89. The Morgan fingerprint density at radius 1 is 1.33 bits per heavy atom. The van der Waals surface area contributed by atoms with Crippen LogP contribution in [0.25, 0.3) is 6.08 Å². The van der Waals surface area contributed by atoms with Crippen molar-refractivity contribution in [3.05, 3.63) is 47.9 Å². The van der Waals surface area contributed by atoms with Gasteiger partial charge in [-0.3, -0.25) is 19.2 Å². The van der Waals surface area contributed by atoms with Crippen LogP contribution in [0.15, 0.2) is 47.3 Å². The van der Waals surface area contributed by atoms with Crippen LogP contribution < -0.4 is 10.1 Å². The van der Waals surface area contributed by atoms with Gasteiger partial charge in [-0.15, -0.1) is 0 Å². The molecule has 1 N–H and O–H groups in total. The predicted molar refractivity (Wildman–Crippen MR) is 117 cm³/mol. The number of carbonyl (C=O) groups excluding carboxylic acids is 2. The van der Waals surface area contributed by atoms with E-state index in [-0.39, 0.29) is 23.6 Å². The number of nitrogens with one attached hydrogen (secondary N) is 1. The van der Waals surface area contributed by atoms with E-state index in [4.69, 9.17) is 4.74 Å². The maximum atomic E-state index is 12.8. The van der Waals surface area contributed by atoms with E-state index in [1.807, 2.05) is 32.3 Å². The van der Waals surface area contributed by atoms with Gasteiger partial charge >= 0.3 is 0 Å². The van der Waals surface area contributed by atoms with E-state index in [9.17, 15) is 9.59 Å². The summed E-state index contributed by atoms with van der Waals surface area (Å²) in [6, 6.07) is 7.41. The Hall–Kier alpha value is -3.07. The van der Waals surface area contributed by atoms with Crippen molar-refractivity contribution < 1.29 is 14.3 Å². The first kappa shape index (κ1) is 20.2. The summed E-state index contributed by atoms with van der Waals surface area (Å²) in [6.07, 6.45) is 7.17. The van der Waals surface area contributed by atoms with E-state index in [2.05, 4.69) is 15.4 Å². The fourth-order valence-electron chi connectivity index (χ4n) is 3.07. The van der Waals surface area contributed by atoms with E-state index in [0.29, 0.717) is 23.2 Å². The van der Waals surface area contributed by atoms with E-state index in [1.165, 1.54) is 11.8 Å². The standard InChI is InChI=1S/C21H23N5O3S/c1-3-29-17-8-4-15(5-9-17)23-19(27)13-30-21-24-18(10-14-11-22-25(2)12-14)20(28)26(21)16-6-7-16/h4-5,8-12,16H,3,6-7,13H2,1-2H3,(H,23,27)/b18-10-. The van der Waals surface area contributed by atoms with Crippen LogP contribution in [-0.2, 0) is 16.6 Å². The number of aromatic nitrogens is 2. The monoisotopic (exact) mass is 425 g/mol. The highest BCUT2D eigenvalue weighted by atomic mass is 32.2. The number of hydrogen-bond donors (Lipinski definition) is 1. The molecule has 2 amide bonds. The van der Waals surface area contributed by atoms with Gasteiger partial charge in [-0.2, -0.15) is 5.10 Å². The molecule has 0 saturated heterocycles. The summed E-state index contributed by atoms with van der Waals surface area (Å²) in [4.78, 5) is 31.4. The number of carbonyl (C=O) groups is 2. The minimum Gasteiger partial charge on any atom is -0.494 e. The third-order valence-corrected chi connectivity index (χ3v) is 5.53. The molecule has 1 saturated carbocycles. The average molecular weight is 426 g/mol. The van der Waals surface area contributed by atoms with E-state index >= 15 is 0 Å². The number of ether oxygens (including phenoxy) is 1. The molecule has 4 rings (SSSR count). The maximum absolute atomic E-state index is 12.8. The molecule has 2 aliphatic rings. The number of amidine groups is 1. The number of anilines is 1. The van der Waals surface area contributed by atoms with Crippen molar-refractivity contribution in [2.45, 2.75) is 25.8 Å². The van der Waals surface area contributed by atoms with Crippen molar-refractivity contribution in [2.75, 3.05) is 17.7 Å². The number of rotatable bonds is 7. The zero-order valence-electron chi connectivity index (χ0n) is 16.9. The van der Waals surface area contributed by atoms with Crippen molar-refractivity contribution in [3.8, 4) is 5.75 Å². The van der Waals surface area contributed by atoms with Gasteiger partial charge in [-0.25, -0.2) is 4.99 Å². The summed E-state index contributed by atoms with van der Waals surface area (Å²) in [5, 5.41) is 7.56. The Bertz CT molecular complexity index is 1010. The molecular formula is C21H23N5O3S. The third kappa shape index (κ3) is 4.73. The SMILES string of the molecule is CCOc1ccc(NC(=O)CSC2=N/C(=C\c3cnn(C)c3)C(=O)N2C2CC2)cc1. The number of aryl methyl sites for hydroxylation is 1. The van der Waals surface area contributed by atoms with Crippen LogP contribution in [0.1, 0.15) is 25.3 Å². The third-order valence-electron chi connectivity index (χ3n) is 4.58. The lowest BCUT2D eigenvalue weighted by Gasteiger charge is -2.16. The van der Waals surface area contributed by atoms with Crippen LogP contribution in [0.4, 0.5) is 5.69 Å². The molecule has 9 heteroatoms. The van der Waals surface area contributed by atoms with Crippen LogP contribution in [0, 0.1) is 0 Å². The molecule has 1 aliphatic carbocycles. The predicted octanol–water partition coefficient (Wildman–Crippen LogP) is 2.89. The minimum atomic E-state index is -0.153. The smallest absolute Gasteiger partial charge is 0.278 e. The highest BCUT2D eigenvalue weighted by Gasteiger charge is 2.41. The number of nitrogens with zero attached hydrogens (tertiary/aromatic N) is 4. The number of thioether (sulfide) groups is 1. The molecule has 30 heavy (non-hydrogen) atoms. The molecule has 0 bridgehead atoms. The van der Waals surface area contributed by atoms with E-state index in [0.717, 1.165) is 24.2 Å². The molecule has 0 radical (unpaired) electrons. The first-order chi connectivity index (χ1) is 14.5. The van der Waals surface area contributed by atoms with Gasteiger partial charge in [0.2, 0.25) is 5.91 Å². The molecule has 0 spiro atoms.